The van der Waals surface area contributed by atoms with Gasteiger partial charge in [-0.15, -0.1) is 0 Å². The average molecular weight is 433 g/mol. The van der Waals surface area contributed by atoms with Crippen LogP contribution in [0, 0.1) is 0 Å². The smallest absolute Gasteiger partial charge is 0.270 e. The highest BCUT2D eigenvalue weighted by atomic mass is 79.9. The number of benzene rings is 1. The molecule has 1 unspecified atom stereocenters. The first-order valence-corrected chi connectivity index (χ1v) is 9.76. The molecule has 2 amide bonds. The van der Waals surface area contributed by atoms with Crippen molar-refractivity contribution < 1.29 is 9.59 Å². The normalized spacial score (nSPS) is 21.2. The fourth-order valence-electron chi connectivity index (χ4n) is 4.28. The van der Waals surface area contributed by atoms with Crippen molar-refractivity contribution in [3.8, 4) is 0 Å². The Balaban J connectivity index is 2.11. The first-order chi connectivity index (χ1) is 12.7. The fraction of sp³-hybridized carbons (Fsp3) is 0.421. The molecule has 0 fully saturated rings. The van der Waals surface area contributed by atoms with E-state index in [4.69, 9.17) is 0 Å². The molecule has 0 bridgehead atoms. The Morgan fingerprint density at radius 3 is 2.44 bits per heavy atom. The van der Waals surface area contributed by atoms with Crippen molar-refractivity contribution in [2.45, 2.75) is 51.6 Å². The Labute approximate surface area is 164 Å². The van der Waals surface area contributed by atoms with Crippen LogP contribution in [-0.4, -0.2) is 27.6 Å². The Morgan fingerprint density at radius 1 is 1.11 bits per heavy atom. The second-order valence-corrected chi connectivity index (χ2v) is 8.60. The lowest BCUT2D eigenvalue weighted by Gasteiger charge is -2.33. The zero-order chi connectivity index (χ0) is 19.7. The van der Waals surface area contributed by atoms with Crippen LogP contribution in [0.2, 0.25) is 0 Å². The van der Waals surface area contributed by atoms with E-state index in [-0.39, 0.29) is 35.9 Å². The second-order valence-electron chi connectivity index (χ2n) is 7.69. The van der Waals surface area contributed by atoms with E-state index < -0.39 is 5.41 Å². The SMILES string of the molecule is CC(C)N1C(=O)C2(CC(=O)Nc3c2c(=O)[nH]n3C(C)C)c2cc(Br)ccc21. The van der Waals surface area contributed by atoms with Gasteiger partial charge in [-0.2, -0.15) is 0 Å². The molecule has 3 heterocycles. The molecule has 1 atom stereocenters. The van der Waals surface area contributed by atoms with Crippen LogP contribution in [0.3, 0.4) is 0 Å². The third-order valence-corrected chi connectivity index (χ3v) is 5.82. The number of carbonyl (C=O) groups is 2. The van der Waals surface area contributed by atoms with Gasteiger partial charge in [0.25, 0.3) is 5.56 Å². The summed E-state index contributed by atoms with van der Waals surface area (Å²) >= 11 is 3.47. The van der Waals surface area contributed by atoms with Crippen LogP contribution >= 0.6 is 15.9 Å². The molecule has 1 aromatic heterocycles. The number of H-pyrrole nitrogens is 1. The lowest BCUT2D eigenvalue weighted by molar-refractivity contribution is -0.127. The molecule has 4 rings (SSSR count). The van der Waals surface area contributed by atoms with Crippen molar-refractivity contribution in [3.05, 3.63) is 44.2 Å². The number of nitrogens with one attached hydrogen (secondary N) is 2. The molecule has 2 aromatic rings. The van der Waals surface area contributed by atoms with Crippen molar-refractivity contribution in [3.63, 3.8) is 0 Å². The van der Waals surface area contributed by atoms with E-state index in [1.807, 2.05) is 45.9 Å². The standard InChI is InChI=1S/C19H21BrN4O3/c1-9(2)23-13-6-5-11(20)7-12(13)19(18(23)27)8-14(25)21-16-15(19)17(26)22-24(16)10(3)4/h5-7,9-10H,8H2,1-4H3,(H,21,25)(H,22,26). The fourth-order valence-corrected chi connectivity index (χ4v) is 4.64. The minimum Gasteiger partial charge on any atom is -0.311 e. The molecule has 1 aromatic carbocycles. The maximum Gasteiger partial charge on any atom is 0.270 e. The summed E-state index contributed by atoms with van der Waals surface area (Å²) in [6.07, 6.45) is -0.0866. The number of aromatic nitrogens is 2. The molecule has 142 valence electrons. The van der Waals surface area contributed by atoms with Gasteiger partial charge in [0.1, 0.15) is 11.2 Å². The lowest BCUT2D eigenvalue weighted by atomic mass is 9.71. The Bertz CT molecular complexity index is 1040. The van der Waals surface area contributed by atoms with Crippen molar-refractivity contribution in [1.29, 1.82) is 0 Å². The van der Waals surface area contributed by atoms with Gasteiger partial charge in [-0.3, -0.25) is 24.2 Å². The van der Waals surface area contributed by atoms with Crippen LogP contribution in [0.25, 0.3) is 0 Å². The summed E-state index contributed by atoms with van der Waals surface area (Å²) in [5, 5.41) is 5.60. The number of rotatable bonds is 2. The van der Waals surface area contributed by atoms with Gasteiger partial charge >= 0.3 is 0 Å². The highest BCUT2D eigenvalue weighted by Gasteiger charge is 2.58. The quantitative estimate of drug-likeness (QED) is 0.764. The Kier molecular flexibility index (Phi) is 3.89. The van der Waals surface area contributed by atoms with E-state index in [0.717, 1.165) is 10.2 Å². The van der Waals surface area contributed by atoms with Gasteiger partial charge < -0.3 is 10.2 Å². The summed E-state index contributed by atoms with van der Waals surface area (Å²) in [6, 6.07) is 5.41. The van der Waals surface area contributed by atoms with E-state index in [2.05, 4.69) is 26.3 Å². The van der Waals surface area contributed by atoms with Crippen LogP contribution in [0.5, 0.6) is 0 Å². The molecule has 27 heavy (non-hydrogen) atoms. The van der Waals surface area contributed by atoms with E-state index in [1.54, 1.807) is 9.58 Å². The molecular weight excluding hydrogens is 412 g/mol. The number of fused-ring (bicyclic) bond motifs is 4. The number of hydrogen-bond donors (Lipinski definition) is 2. The number of aromatic amines is 1. The van der Waals surface area contributed by atoms with Gasteiger partial charge in [-0.1, -0.05) is 15.9 Å². The minimum atomic E-state index is -1.31. The van der Waals surface area contributed by atoms with Crippen LogP contribution in [0.4, 0.5) is 11.5 Å². The van der Waals surface area contributed by atoms with Crippen molar-refractivity contribution in [1.82, 2.24) is 9.78 Å². The molecule has 7 nitrogen and oxygen atoms in total. The second kappa shape index (κ2) is 5.82. The number of anilines is 2. The molecule has 2 aliphatic heterocycles. The highest BCUT2D eigenvalue weighted by molar-refractivity contribution is 9.10. The van der Waals surface area contributed by atoms with Gasteiger partial charge in [-0.25, -0.2) is 0 Å². The first kappa shape index (κ1) is 18.0. The van der Waals surface area contributed by atoms with Gasteiger partial charge in [0.2, 0.25) is 11.8 Å². The van der Waals surface area contributed by atoms with Crippen molar-refractivity contribution >= 4 is 39.2 Å². The maximum atomic E-state index is 13.7. The third kappa shape index (κ3) is 2.29. The number of carbonyl (C=O) groups excluding carboxylic acids is 2. The predicted molar refractivity (Wildman–Crippen MR) is 106 cm³/mol. The summed E-state index contributed by atoms with van der Waals surface area (Å²) in [7, 11) is 0. The van der Waals surface area contributed by atoms with Crippen molar-refractivity contribution in [2.24, 2.45) is 0 Å². The van der Waals surface area contributed by atoms with Gasteiger partial charge in [0.15, 0.2) is 0 Å². The minimum absolute atomic E-state index is 0.0726. The highest BCUT2D eigenvalue weighted by Crippen LogP contribution is 2.52. The molecule has 0 saturated carbocycles. The van der Waals surface area contributed by atoms with E-state index in [9.17, 15) is 14.4 Å². The predicted octanol–water partition coefficient (Wildman–Crippen LogP) is 2.90. The van der Waals surface area contributed by atoms with Crippen LogP contribution < -0.4 is 15.8 Å². The third-order valence-electron chi connectivity index (χ3n) is 5.33. The molecule has 2 N–H and O–H groups in total. The van der Waals surface area contributed by atoms with E-state index >= 15 is 0 Å². The number of hydrogen-bond acceptors (Lipinski definition) is 3. The van der Waals surface area contributed by atoms with Crippen LogP contribution in [0.15, 0.2) is 27.5 Å². The average Bonchev–Trinajstić information content (AvgIpc) is 3.02. The van der Waals surface area contributed by atoms with Crippen LogP contribution in [0.1, 0.15) is 51.3 Å². The molecule has 0 radical (unpaired) electrons. The van der Waals surface area contributed by atoms with E-state index in [0.29, 0.717) is 16.9 Å². The summed E-state index contributed by atoms with van der Waals surface area (Å²) in [4.78, 5) is 41.0. The monoisotopic (exact) mass is 432 g/mol. The summed E-state index contributed by atoms with van der Waals surface area (Å²) in [5.41, 5.74) is 0.107. The lowest BCUT2D eigenvalue weighted by Crippen LogP contribution is -2.50. The van der Waals surface area contributed by atoms with Crippen molar-refractivity contribution in [2.75, 3.05) is 10.2 Å². The van der Waals surface area contributed by atoms with Gasteiger partial charge in [0.05, 0.1) is 12.0 Å². The molecule has 1 spiro atoms. The number of nitrogens with zero attached hydrogens (tertiary/aromatic N) is 2. The number of halogens is 1. The summed E-state index contributed by atoms with van der Waals surface area (Å²) in [5.74, 6) is -0.120. The molecule has 0 saturated heterocycles. The van der Waals surface area contributed by atoms with Crippen LogP contribution in [-0.2, 0) is 15.0 Å². The molecule has 0 aliphatic carbocycles. The van der Waals surface area contributed by atoms with Gasteiger partial charge in [-0.05, 0) is 51.5 Å². The first-order valence-electron chi connectivity index (χ1n) is 8.97. The van der Waals surface area contributed by atoms with E-state index in [1.165, 1.54) is 0 Å². The topological polar surface area (TPSA) is 87.2 Å². The number of amides is 2. The zero-order valence-corrected chi connectivity index (χ0v) is 17.2. The van der Waals surface area contributed by atoms with Gasteiger partial charge in [0, 0.05) is 22.2 Å². The maximum absolute atomic E-state index is 13.7. The Hall–Kier alpha value is -2.35. The zero-order valence-electron chi connectivity index (χ0n) is 15.6. The summed E-state index contributed by atoms with van der Waals surface area (Å²) < 4.78 is 2.42. The molecule has 8 heteroatoms. The largest absolute Gasteiger partial charge is 0.311 e. The summed E-state index contributed by atoms with van der Waals surface area (Å²) in [6.45, 7) is 7.67. The molecule has 2 aliphatic rings. The molecular formula is C19H21BrN4O3. The Morgan fingerprint density at radius 2 is 1.81 bits per heavy atom.